The van der Waals surface area contributed by atoms with Crippen molar-refractivity contribution in [2.75, 3.05) is 7.11 Å². The van der Waals surface area contributed by atoms with E-state index in [1.165, 1.54) is 7.11 Å². The number of aliphatic carboxylic acids is 1. The van der Waals surface area contributed by atoms with Gasteiger partial charge in [0.15, 0.2) is 12.4 Å². The minimum Gasteiger partial charge on any atom is -0.479 e. The van der Waals surface area contributed by atoms with Crippen molar-refractivity contribution in [1.29, 1.82) is 0 Å². The lowest BCUT2D eigenvalue weighted by Crippen LogP contribution is -2.38. The smallest absolute Gasteiger partial charge is 0.333 e. The molecular weight excluding hydrogens is 392 g/mol. The highest BCUT2D eigenvalue weighted by molar-refractivity contribution is 5.73. The molecule has 0 spiro atoms. The monoisotopic (exact) mass is 432 g/mol. The second-order valence-electron chi connectivity index (χ2n) is 7.22. The van der Waals surface area contributed by atoms with E-state index in [-0.39, 0.29) is 0 Å². The van der Waals surface area contributed by atoms with Crippen molar-refractivity contribution in [3.63, 3.8) is 0 Å². The van der Waals surface area contributed by atoms with Crippen molar-refractivity contribution in [3.05, 3.63) is 72.9 Å². The van der Waals surface area contributed by atoms with Crippen molar-refractivity contribution < 1.29 is 24.9 Å². The molecule has 0 bridgehead atoms. The summed E-state index contributed by atoms with van der Waals surface area (Å²) in [6.45, 7) is 3.72. The molecule has 0 saturated carbocycles. The number of hydrogen-bond donors (Lipinski definition) is 3. The second-order valence-corrected chi connectivity index (χ2v) is 7.22. The van der Waals surface area contributed by atoms with Crippen molar-refractivity contribution >= 4 is 5.97 Å². The number of carboxylic acid groups (broad SMARTS) is 1. The molecule has 3 unspecified atom stereocenters. The molecule has 0 aliphatic rings. The summed E-state index contributed by atoms with van der Waals surface area (Å²) in [7, 11) is 1.31. The Kier molecular flexibility index (Phi) is 18.3. The normalized spacial score (nSPS) is 16.2. The number of hydrogen-bond acceptors (Lipinski definition) is 4. The molecule has 0 aromatic heterocycles. The van der Waals surface area contributed by atoms with E-state index >= 15 is 0 Å². The minimum atomic E-state index is -1.61. The van der Waals surface area contributed by atoms with E-state index in [4.69, 9.17) is 4.74 Å². The van der Waals surface area contributed by atoms with Gasteiger partial charge in [-0.2, -0.15) is 0 Å². The van der Waals surface area contributed by atoms with Crippen molar-refractivity contribution in [3.8, 4) is 0 Å². The van der Waals surface area contributed by atoms with E-state index in [2.05, 4.69) is 55.5 Å². The number of rotatable bonds is 17. The lowest BCUT2D eigenvalue weighted by molar-refractivity contribution is -0.157. The first-order valence-electron chi connectivity index (χ1n) is 11.0. The van der Waals surface area contributed by atoms with Crippen LogP contribution in [-0.2, 0) is 9.53 Å². The molecule has 5 heteroatoms. The minimum absolute atomic E-state index is 0.633. The highest BCUT2D eigenvalue weighted by Crippen LogP contribution is 2.23. The lowest BCUT2D eigenvalue weighted by atomic mass is 9.87. The fraction of sp³-hybridized carbons (Fsp3) is 0.500. The van der Waals surface area contributed by atoms with Crippen LogP contribution >= 0.6 is 0 Å². The summed E-state index contributed by atoms with van der Waals surface area (Å²) >= 11 is 0. The number of aliphatic hydroxyl groups excluding tert-OH is 1. The van der Waals surface area contributed by atoms with Crippen LogP contribution in [0.2, 0.25) is 0 Å². The third-order valence-electron chi connectivity index (χ3n) is 4.71. The zero-order valence-corrected chi connectivity index (χ0v) is 19.1. The van der Waals surface area contributed by atoms with Crippen molar-refractivity contribution in [2.24, 2.45) is 11.8 Å². The number of carbonyl (C=O) groups is 1. The van der Waals surface area contributed by atoms with Crippen LogP contribution in [0.1, 0.15) is 52.4 Å². The standard InChI is InChI=1S/C26H40O5/c1-4-5-6-7-8-9-10-11-12-13-14-15-16-17-18-19-20-21-23(22(2)25(27)28)24(31-3)26(29)30/h5-6,8-9,11-12,14-15,17-18,20-25,27-28H,4,7,10,13,16,19H2,1-3H3,(H,29,30). The predicted octanol–water partition coefficient (Wildman–Crippen LogP) is 5.35. The van der Waals surface area contributed by atoms with E-state index in [1.54, 1.807) is 13.0 Å². The van der Waals surface area contributed by atoms with Crippen molar-refractivity contribution in [1.82, 2.24) is 0 Å². The molecular formula is C26H40O5. The van der Waals surface area contributed by atoms with E-state index < -0.39 is 30.2 Å². The zero-order valence-electron chi connectivity index (χ0n) is 19.1. The Bertz CT molecular complexity index is 626. The summed E-state index contributed by atoms with van der Waals surface area (Å²) in [5.74, 6) is -2.42. The Hall–Kier alpha value is -2.21. The number of aliphatic hydroxyl groups is 2. The summed E-state index contributed by atoms with van der Waals surface area (Å²) in [5, 5.41) is 28.1. The molecule has 0 aliphatic heterocycles. The van der Waals surface area contributed by atoms with Gasteiger partial charge in [-0.3, -0.25) is 0 Å². The van der Waals surface area contributed by atoms with E-state index in [0.717, 1.165) is 32.1 Å². The summed E-state index contributed by atoms with van der Waals surface area (Å²) in [6, 6.07) is 0. The summed E-state index contributed by atoms with van der Waals surface area (Å²) in [6.07, 6.45) is 27.5. The topological polar surface area (TPSA) is 87.0 Å². The second kappa shape index (κ2) is 19.7. The first-order valence-corrected chi connectivity index (χ1v) is 11.0. The first kappa shape index (κ1) is 28.8. The van der Waals surface area contributed by atoms with Gasteiger partial charge >= 0.3 is 5.97 Å². The molecule has 5 nitrogen and oxygen atoms in total. The van der Waals surface area contributed by atoms with Crippen LogP contribution in [0.25, 0.3) is 0 Å². The van der Waals surface area contributed by atoms with Crippen LogP contribution in [-0.4, -0.2) is 40.8 Å². The van der Waals surface area contributed by atoms with Gasteiger partial charge in [0, 0.05) is 18.9 Å². The fourth-order valence-electron chi connectivity index (χ4n) is 2.83. The maximum atomic E-state index is 11.3. The zero-order chi connectivity index (χ0) is 23.3. The molecule has 3 atom stereocenters. The molecule has 174 valence electrons. The van der Waals surface area contributed by atoms with Gasteiger partial charge in [0.05, 0.1) is 0 Å². The Labute approximate surface area is 187 Å². The van der Waals surface area contributed by atoms with E-state index in [9.17, 15) is 20.1 Å². The van der Waals surface area contributed by atoms with Gasteiger partial charge < -0.3 is 20.1 Å². The Morgan fingerprint density at radius 3 is 1.48 bits per heavy atom. The lowest BCUT2D eigenvalue weighted by Gasteiger charge is -2.27. The third kappa shape index (κ3) is 15.3. The van der Waals surface area contributed by atoms with Crippen molar-refractivity contribution in [2.45, 2.75) is 64.8 Å². The van der Waals surface area contributed by atoms with Gasteiger partial charge in [0.2, 0.25) is 0 Å². The molecule has 3 N–H and O–H groups in total. The molecule has 0 fully saturated rings. The average Bonchev–Trinajstić information content (AvgIpc) is 2.74. The molecule has 31 heavy (non-hydrogen) atoms. The van der Waals surface area contributed by atoms with Gasteiger partial charge in [0.25, 0.3) is 0 Å². The average molecular weight is 433 g/mol. The number of methoxy groups -OCH3 is 1. The van der Waals surface area contributed by atoms with Gasteiger partial charge in [-0.15, -0.1) is 0 Å². The molecule has 0 aromatic rings. The maximum absolute atomic E-state index is 11.3. The quantitative estimate of drug-likeness (QED) is 0.213. The number of carboxylic acids is 1. The van der Waals surface area contributed by atoms with Crippen LogP contribution in [0.4, 0.5) is 0 Å². The number of ether oxygens (including phenoxy) is 1. The summed E-state index contributed by atoms with van der Waals surface area (Å²) < 4.78 is 5.02. The SMILES string of the molecule is CCC=CCC=CCC=CCC=CCC=CCC=CC(C(OC)C(=O)O)C(C)C(O)O. The van der Waals surface area contributed by atoms with Gasteiger partial charge in [0.1, 0.15) is 0 Å². The Morgan fingerprint density at radius 1 is 0.774 bits per heavy atom. The highest BCUT2D eigenvalue weighted by atomic mass is 16.5. The molecule has 0 saturated heterocycles. The van der Waals surface area contributed by atoms with Gasteiger partial charge in [-0.25, -0.2) is 4.79 Å². The predicted molar refractivity (Wildman–Crippen MR) is 128 cm³/mol. The molecule has 0 heterocycles. The highest BCUT2D eigenvalue weighted by Gasteiger charge is 2.33. The maximum Gasteiger partial charge on any atom is 0.333 e. The molecule has 0 aliphatic carbocycles. The molecule has 0 rings (SSSR count). The fourth-order valence-corrected chi connectivity index (χ4v) is 2.83. The van der Waals surface area contributed by atoms with Crippen LogP contribution < -0.4 is 0 Å². The van der Waals surface area contributed by atoms with Crippen LogP contribution in [0, 0.1) is 11.8 Å². The van der Waals surface area contributed by atoms with E-state index in [0.29, 0.717) is 6.42 Å². The van der Waals surface area contributed by atoms with Crippen LogP contribution in [0.3, 0.4) is 0 Å². The van der Waals surface area contributed by atoms with Crippen LogP contribution in [0.5, 0.6) is 0 Å². The first-order chi connectivity index (χ1) is 15.0. The third-order valence-corrected chi connectivity index (χ3v) is 4.71. The Balaban J connectivity index is 4.22. The number of allylic oxidation sites excluding steroid dienone is 11. The largest absolute Gasteiger partial charge is 0.479 e. The van der Waals surface area contributed by atoms with Crippen LogP contribution in [0.15, 0.2) is 72.9 Å². The van der Waals surface area contributed by atoms with Gasteiger partial charge in [-0.05, 0) is 38.5 Å². The molecule has 0 amide bonds. The Morgan fingerprint density at radius 2 is 1.16 bits per heavy atom. The molecule has 0 radical (unpaired) electrons. The molecule has 0 aromatic carbocycles. The summed E-state index contributed by atoms with van der Waals surface area (Å²) in [5.41, 5.74) is 0. The van der Waals surface area contributed by atoms with E-state index in [1.807, 2.05) is 18.2 Å². The van der Waals surface area contributed by atoms with Gasteiger partial charge in [-0.1, -0.05) is 86.8 Å². The summed E-state index contributed by atoms with van der Waals surface area (Å²) in [4.78, 5) is 11.3.